The number of carbonyl (C=O) groups is 2. The number of amides is 2. The number of hydrogen-bond donors (Lipinski definition) is 2. The topological polar surface area (TPSA) is 106 Å². The lowest BCUT2D eigenvalue weighted by molar-refractivity contribution is -0.117. The van der Waals surface area contributed by atoms with Crippen LogP contribution >= 0.6 is 0 Å². The summed E-state index contributed by atoms with van der Waals surface area (Å²) < 4.78 is 32.4. The number of hydrogen-bond acceptors (Lipinski definition) is 6. The average molecular weight is 431 g/mol. The third-order valence-electron chi connectivity index (χ3n) is 4.63. The predicted octanol–water partition coefficient (Wildman–Crippen LogP) is 3.05. The molecule has 1 fully saturated rings. The van der Waals surface area contributed by atoms with Crippen LogP contribution in [0.2, 0.25) is 0 Å². The quantitative estimate of drug-likeness (QED) is 0.591. The second-order valence-electron chi connectivity index (χ2n) is 7.45. The molecule has 2 aromatic rings. The molecule has 0 unspecified atom stereocenters. The van der Waals surface area contributed by atoms with Gasteiger partial charge in [0.25, 0.3) is 5.91 Å². The molecule has 8 nitrogen and oxygen atoms in total. The molecule has 2 N–H and O–H groups in total. The van der Waals surface area contributed by atoms with Crippen LogP contribution in [-0.2, 0) is 11.3 Å². The van der Waals surface area contributed by atoms with Gasteiger partial charge in [-0.1, -0.05) is 6.58 Å². The number of rotatable bonds is 9. The molecule has 1 aliphatic rings. The van der Waals surface area contributed by atoms with Gasteiger partial charge in [-0.3, -0.25) is 14.9 Å². The van der Waals surface area contributed by atoms with E-state index in [-0.39, 0.29) is 41.5 Å². The highest BCUT2D eigenvalue weighted by Crippen LogP contribution is 2.29. The Morgan fingerprint density at radius 3 is 2.71 bits per heavy atom. The molecule has 0 atom stereocenters. The molecule has 164 valence electrons. The van der Waals surface area contributed by atoms with Crippen LogP contribution in [0.15, 0.2) is 36.7 Å². The summed E-state index contributed by atoms with van der Waals surface area (Å²) in [6.07, 6.45) is 4.52. The highest BCUT2D eigenvalue weighted by Gasteiger charge is 2.31. The number of aryl methyl sites for hydroxylation is 1. The van der Waals surface area contributed by atoms with Crippen molar-refractivity contribution in [3.05, 3.63) is 53.5 Å². The van der Waals surface area contributed by atoms with Crippen molar-refractivity contribution in [3.8, 4) is 5.88 Å². The Hall–Kier alpha value is -3.43. The molecule has 1 saturated carbocycles. The first-order valence-electron chi connectivity index (χ1n) is 9.70. The number of anilines is 1. The molecule has 10 heteroatoms. The van der Waals surface area contributed by atoms with Gasteiger partial charge >= 0.3 is 5.92 Å². The fraction of sp³-hybridized carbons (Fsp3) is 0.381. The van der Waals surface area contributed by atoms with Gasteiger partial charge < -0.3 is 10.1 Å². The summed E-state index contributed by atoms with van der Waals surface area (Å²) in [4.78, 5) is 36.2. The summed E-state index contributed by atoms with van der Waals surface area (Å²) in [5.74, 6) is -3.59. The minimum atomic E-state index is -3.14. The van der Waals surface area contributed by atoms with E-state index in [2.05, 4.69) is 32.2 Å². The van der Waals surface area contributed by atoms with E-state index in [1.54, 1.807) is 13.0 Å². The van der Waals surface area contributed by atoms with Crippen molar-refractivity contribution in [2.45, 2.75) is 39.2 Å². The van der Waals surface area contributed by atoms with Crippen LogP contribution in [0, 0.1) is 12.8 Å². The molecule has 2 amide bonds. The number of halogens is 2. The predicted molar refractivity (Wildman–Crippen MR) is 109 cm³/mol. The standard InChI is InChI=1S/C21H23F2N5O3/c1-12(2)21(22,23)11-31-19-13(3)8-14(10-26-19)9-25-18(30)16-6-7-24-20(27-16)28-17(29)15-4-5-15/h6-8,10,15H,1,4-5,9,11H2,2-3H3,(H,25,30)(H,24,27,28,29). The van der Waals surface area contributed by atoms with Crippen molar-refractivity contribution >= 4 is 17.8 Å². The van der Waals surface area contributed by atoms with E-state index >= 15 is 0 Å². The van der Waals surface area contributed by atoms with Gasteiger partial charge in [0.2, 0.25) is 17.7 Å². The Morgan fingerprint density at radius 2 is 2.06 bits per heavy atom. The van der Waals surface area contributed by atoms with E-state index in [9.17, 15) is 18.4 Å². The van der Waals surface area contributed by atoms with E-state index in [0.29, 0.717) is 11.1 Å². The minimum absolute atomic E-state index is 0.00389. The maximum atomic E-state index is 13.6. The van der Waals surface area contributed by atoms with Crippen LogP contribution in [0.3, 0.4) is 0 Å². The van der Waals surface area contributed by atoms with Gasteiger partial charge in [0, 0.05) is 30.4 Å². The largest absolute Gasteiger partial charge is 0.471 e. The van der Waals surface area contributed by atoms with Crippen LogP contribution < -0.4 is 15.4 Å². The third kappa shape index (κ3) is 6.03. The molecule has 3 rings (SSSR count). The number of nitrogens with zero attached hydrogens (tertiary/aromatic N) is 3. The summed E-state index contributed by atoms with van der Waals surface area (Å²) in [5.41, 5.74) is 1.02. The number of alkyl halides is 2. The van der Waals surface area contributed by atoms with Crippen molar-refractivity contribution in [1.82, 2.24) is 20.3 Å². The Bertz CT molecular complexity index is 1010. The SMILES string of the molecule is C=C(C)C(F)(F)COc1ncc(CNC(=O)c2ccnc(NC(=O)C3CC3)n2)cc1C. The molecule has 2 heterocycles. The Balaban J connectivity index is 1.56. The van der Waals surface area contributed by atoms with Crippen LogP contribution in [-0.4, -0.2) is 39.3 Å². The van der Waals surface area contributed by atoms with Crippen LogP contribution in [0.25, 0.3) is 0 Å². The summed E-state index contributed by atoms with van der Waals surface area (Å²) in [6.45, 7) is 5.45. The van der Waals surface area contributed by atoms with E-state index in [4.69, 9.17) is 4.74 Å². The zero-order valence-electron chi connectivity index (χ0n) is 17.2. The second-order valence-corrected chi connectivity index (χ2v) is 7.45. The maximum Gasteiger partial charge on any atom is 0.302 e. The van der Waals surface area contributed by atoms with E-state index in [1.807, 2.05) is 0 Å². The summed E-state index contributed by atoms with van der Waals surface area (Å²) in [5, 5.41) is 5.29. The van der Waals surface area contributed by atoms with E-state index in [0.717, 1.165) is 12.8 Å². The highest BCUT2D eigenvalue weighted by atomic mass is 19.3. The molecular weight excluding hydrogens is 408 g/mol. The van der Waals surface area contributed by atoms with E-state index < -0.39 is 18.4 Å². The van der Waals surface area contributed by atoms with Gasteiger partial charge in [0.05, 0.1) is 0 Å². The van der Waals surface area contributed by atoms with Crippen molar-refractivity contribution < 1.29 is 23.1 Å². The molecular formula is C21H23F2N5O3. The molecule has 1 aliphatic carbocycles. The number of pyridine rings is 1. The second kappa shape index (κ2) is 9.15. The van der Waals surface area contributed by atoms with Gasteiger partial charge in [-0.25, -0.2) is 15.0 Å². The Morgan fingerprint density at radius 1 is 1.32 bits per heavy atom. The minimum Gasteiger partial charge on any atom is -0.471 e. The normalized spacial score (nSPS) is 13.4. The number of ether oxygens (including phenoxy) is 1. The van der Waals surface area contributed by atoms with Crippen LogP contribution in [0.5, 0.6) is 5.88 Å². The summed E-state index contributed by atoms with van der Waals surface area (Å²) >= 11 is 0. The van der Waals surface area contributed by atoms with Crippen LogP contribution in [0.4, 0.5) is 14.7 Å². The molecule has 31 heavy (non-hydrogen) atoms. The lowest BCUT2D eigenvalue weighted by Crippen LogP contribution is -2.27. The smallest absolute Gasteiger partial charge is 0.302 e. The molecule has 0 bridgehead atoms. The third-order valence-corrected chi connectivity index (χ3v) is 4.63. The Labute approximate surface area is 178 Å². The molecule has 2 aromatic heterocycles. The van der Waals surface area contributed by atoms with Gasteiger partial charge in [-0.05, 0) is 50.0 Å². The van der Waals surface area contributed by atoms with Crippen molar-refractivity contribution in [2.75, 3.05) is 11.9 Å². The van der Waals surface area contributed by atoms with Gasteiger partial charge in [0.1, 0.15) is 5.69 Å². The molecule has 0 radical (unpaired) electrons. The molecule has 0 aromatic carbocycles. The maximum absolute atomic E-state index is 13.6. The van der Waals surface area contributed by atoms with Crippen molar-refractivity contribution in [1.29, 1.82) is 0 Å². The first-order valence-corrected chi connectivity index (χ1v) is 9.70. The lowest BCUT2D eigenvalue weighted by Gasteiger charge is -2.17. The Kier molecular flexibility index (Phi) is 6.57. The molecule has 0 aliphatic heterocycles. The van der Waals surface area contributed by atoms with Gasteiger partial charge in [0.15, 0.2) is 6.61 Å². The average Bonchev–Trinajstić information content (AvgIpc) is 3.57. The van der Waals surface area contributed by atoms with Crippen molar-refractivity contribution in [2.24, 2.45) is 5.92 Å². The monoisotopic (exact) mass is 431 g/mol. The number of nitrogens with one attached hydrogen (secondary N) is 2. The number of carbonyl (C=O) groups excluding carboxylic acids is 2. The van der Waals surface area contributed by atoms with Gasteiger partial charge in [-0.15, -0.1) is 0 Å². The zero-order valence-corrected chi connectivity index (χ0v) is 17.2. The van der Waals surface area contributed by atoms with Crippen LogP contribution in [0.1, 0.15) is 41.4 Å². The zero-order chi connectivity index (χ0) is 22.6. The van der Waals surface area contributed by atoms with Gasteiger partial charge in [-0.2, -0.15) is 8.78 Å². The molecule has 0 spiro atoms. The molecule has 0 saturated heterocycles. The van der Waals surface area contributed by atoms with E-state index in [1.165, 1.54) is 25.4 Å². The first-order chi connectivity index (χ1) is 14.7. The lowest BCUT2D eigenvalue weighted by atomic mass is 10.2. The summed E-state index contributed by atoms with van der Waals surface area (Å²) in [7, 11) is 0. The fourth-order valence-corrected chi connectivity index (χ4v) is 2.53. The first kappa shape index (κ1) is 22.3. The van der Waals surface area contributed by atoms with Crippen molar-refractivity contribution in [3.63, 3.8) is 0 Å². The number of aromatic nitrogens is 3. The fourth-order valence-electron chi connectivity index (χ4n) is 2.53. The summed E-state index contributed by atoms with van der Waals surface area (Å²) in [6, 6.07) is 3.12. The highest BCUT2D eigenvalue weighted by molar-refractivity contribution is 5.94.